The molecular formula is C36H73O3. The number of hydrogen-bond acceptors (Lipinski definition) is 3. The highest BCUT2D eigenvalue weighted by molar-refractivity contribution is 4.89. The number of hydrogen-bond donors (Lipinski definition) is 0. The summed E-state index contributed by atoms with van der Waals surface area (Å²) >= 11 is 0. The minimum absolute atomic E-state index is 0.812. The van der Waals surface area contributed by atoms with Crippen LogP contribution in [0.2, 0.25) is 0 Å². The van der Waals surface area contributed by atoms with Gasteiger partial charge in [0.1, 0.15) is 0 Å². The second-order valence-corrected chi connectivity index (χ2v) is 12.0. The van der Waals surface area contributed by atoms with Gasteiger partial charge in [0.25, 0.3) is 0 Å². The molecule has 235 valence electrons. The van der Waals surface area contributed by atoms with Crippen molar-refractivity contribution in [3.05, 3.63) is 5.92 Å². The molecule has 0 fully saturated rings. The lowest BCUT2D eigenvalue weighted by molar-refractivity contribution is 0.0905. The molecule has 0 aliphatic heterocycles. The maximum Gasteiger partial charge on any atom is 0.0551 e. The fraction of sp³-hybridized carbons (Fsp3) is 0.972. The van der Waals surface area contributed by atoms with Crippen molar-refractivity contribution in [2.24, 2.45) is 0 Å². The van der Waals surface area contributed by atoms with E-state index in [1.807, 2.05) is 0 Å². The smallest absolute Gasteiger partial charge is 0.0551 e. The van der Waals surface area contributed by atoms with Gasteiger partial charge in [0.05, 0.1) is 13.2 Å². The Balaban J connectivity index is 3.75. The molecule has 0 spiro atoms. The highest BCUT2D eigenvalue weighted by Gasteiger charge is 2.10. The molecule has 1 radical (unpaired) electrons. The van der Waals surface area contributed by atoms with Gasteiger partial charge in [0, 0.05) is 32.3 Å². The van der Waals surface area contributed by atoms with Crippen LogP contribution in [0.1, 0.15) is 188 Å². The van der Waals surface area contributed by atoms with Crippen molar-refractivity contribution in [3.63, 3.8) is 0 Å². The zero-order chi connectivity index (χ0) is 28.3. The third kappa shape index (κ3) is 34.0. The summed E-state index contributed by atoms with van der Waals surface area (Å²) in [5, 5.41) is 0. The summed E-state index contributed by atoms with van der Waals surface area (Å²) in [6, 6.07) is 0. The molecule has 0 aliphatic carbocycles. The van der Waals surface area contributed by atoms with Crippen molar-refractivity contribution in [1.82, 2.24) is 0 Å². The topological polar surface area (TPSA) is 27.7 Å². The fourth-order valence-electron chi connectivity index (χ4n) is 5.14. The summed E-state index contributed by atoms with van der Waals surface area (Å²) in [6.07, 6.45) is 34.5. The first-order valence-corrected chi connectivity index (χ1v) is 17.9. The highest BCUT2D eigenvalue weighted by atomic mass is 16.5. The molecule has 0 unspecified atom stereocenters. The Hall–Kier alpha value is -0.120. The van der Waals surface area contributed by atoms with Gasteiger partial charge in [-0.15, -0.1) is 0 Å². The van der Waals surface area contributed by atoms with E-state index in [9.17, 15) is 0 Å². The molecule has 0 N–H and O–H groups in total. The predicted molar refractivity (Wildman–Crippen MR) is 173 cm³/mol. The quantitative estimate of drug-likeness (QED) is 0.0730. The van der Waals surface area contributed by atoms with E-state index in [1.54, 1.807) is 0 Å². The predicted octanol–water partition coefficient (Wildman–Crippen LogP) is 11.8. The Bertz CT molecular complexity index is 394. The third-order valence-electron chi connectivity index (χ3n) is 7.86. The highest BCUT2D eigenvalue weighted by Crippen LogP contribution is 2.17. The Morgan fingerprint density at radius 3 is 0.949 bits per heavy atom. The van der Waals surface area contributed by atoms with E-state index >= 15 is 0 Å². The number of ether oxygens (including phenoxy) is 3. The van der Waals surface area contributed by atoms with Crippen LogP contribution < -0.4 is 0 Å². The second-order valence-electron chi connectivity index (χ2n) is 12.0. The SMILES string of the molecule is CCCCCCCCOC[C](CCCCCCCCCCOCCCCCCC)COCCCCCCCC. The molecule has 0 saturated carbocycles. The van der Waals surface area contributed by atoms with Crippen LogP contribution in [0.5, 0.6) is 0 Å². The van der Waals surface area contributed by atoms with Crippen molar-refractivity contribution in [2.75, 3.05) is 39.6 Å². The summed E-state index contributed by atoms with van der Waals surface area (Å²) in [4.78, 5) is 0. The maximum absolute atomic E-state index is 6.08. The summed E-state index contributed by atoms with van der Waals surface area (Å²) < 4.78 is 17.9. The Morgan fingerprint density at radius 1 is 0.308 bits per heavy atom. The monoisotopic (exact) mass is 554 g/mol. The minimum atomic E-state index is 0.812. The molecule has 0 rings (SSSR count). The van der Waals surface area contributed by atoms with E-state index in [0.29, 0.717) is 0 Å². The molecule has 0 saturated heterocycles. The lowest BCUT2D eigenvalue weighted by Crippen LogP contribution is -2.15. The van der Waals surface area contributed by atoms with E-state index in [2.05, 4.69) is 20.8 Å². The average molecular weight is 554 g/mol. The van der Waals surface area contributed by atoms with Crippen LogP contribution in [0.3, 0.4) is 0 Å². The average Bonchev–Trinajstić information content (AvgIpc) is 2.95. The van der Waals surface area contributed by atoms with Gasteiger partial charge in [0.2, 0.25) is 0 Å². The largest absolute Gasteiger partial charge is 0.381 e. The molecule has 0 aromatic carbocycles. The van der Waals surface area contributed by atoms with E-state index in [-0.39, 0.29) is 0 Å². The molecule has 3 heteroatoms. The maximum atomic E-state index is 6.08. The third-order valence-corrected chi connectivity index (χ3v) is 7.86. The summed E-state index contributed by atoms with van der Waals surface area (Å²) in [6.45, 7) is 12.2. The molecular weight excluding hydrogens is 480 g/mol. The molecule has 3 nitrogen and oxygen atoms in total. The van der Waals surface area contributed by atoms with Gasteiger partial charge in [-0.25, -0.2) is 0 Å². The zero-order valence-corrected chi connectivity index (χ0v) is 27.4. The molecule has 0 heterocycles. The van der Waals surface area contributed by atoms with Gasteiger partial charge in [-0.3, -0.25) is 0 Å². The van der Waals surface area contributed by atoms with E-state index < -0.39 is 0 Å². The van der Waals surface area contributed by atoms with Crippen molar-refractivity contribution in [2.45, 2.75) is 188 Å². The van der Waals surface area contributed by atoms with Crippen LogP contribution in [0.15, 0.2) is 0 Å². The van der Waals surface area contributed by atoms with E-state index in [0.717, 1.165) is 39.6 Å². The van der Waals surface area contributed by atoms with Gasteiger partial charge < -0.3 is 14.2 Å². The lowest BCUT2D eigenvalue weighted by Gasteiger charge is -2.17. The lowest BCUT2D eigenvalue weighted by atomic mass is 10.0. The van der Waals surface area contributed by atoms with Crippen LogP contribution in [0.25, 0.3) is 0 Å². The molecule has 0 aromatic rings. The first-order chi connectivity index (χ1) is 19.3. The van der Waals surface area contributed by atoms with Crippen LogP contribution in [-0.4, -0.2) is 39.6 Å². The van der Waals surface area contributed by atoms with Gasteiger partial charge in [-0.1, -0.05) is 156 Å². The van der Waals surface area contributed by atoms with Crippen molar-refractivity contribution >= 4 is 0 Å². The van der Waals surface area contributed by atoms with Gasteiger partial charge >= 0.3 is 0 Å². The molecule has 0 amide bonds. The summed E-state index contributed by atoms with van der Waals surface area (Å²) in [7, 11) is 0. The van der Waals surface area contributed by atoms with Crippen molar-refractivity contribution < 1.29 is 14.2 Å². The molecule has 0 atom stereocenters. The Kier molecular flexibility index (Phi) is 35.8. The van der Waals surface area contributed by atoms with Crippen LogP contribution in [0, 0.1) is 5.92 Å². The first kappa shape index (κ1) is 38.9. The van der Waals surface area contributed by atoms with Crippen LogP contribution in [-0.2, 0) is 14.2 Å². The van der Waals surface area contributed by atoms with E-state index in [1.165, 1.54) is 173 Å². The molecule has 0 aliphatic rings. The van der Waals surface area contributed by atoms with Crippen LogP contribution in [0.4, 0.5) is 0 Å². The van der Waals surface area contributed by atoms with Gasteiger partial charge in [-0.2, -0.15) is 0 Å². The molecule has 0 bridgehead atoms. The second kappa shape index (κ2) is 35.9. The van der Waals surface area contributed by atoms with Crippen molar-refractivity contribution in [3.8, 4) is 0 Å². The minimum Gasteiger partial charge on any atom is -0.381 e. The van der Waals surface area contributed by atoms with Crippen LogP contribution >= 0.6 is 0 Å². The van der Waals surface area contributed by atoms with Gasteiger partial charge in [-0.05, 0) is 32.1 Å². The van der Waals surface area contributed by atoms with Gasteiger partial charge in [0.15, 0.2) is 0 Å². The summed E-state index contributed by atoms with van der Waals surface area (Å²) in [5.41, 5.74) is 0. The number of unbranched alkanes of at least 4 members (excludes halogenated alkanes) is 21. The fourth-order valence-corrected chi connectivity index (χ4v) is 5.14. The Morgan fingerprint density at radius 2 is 0.590 bits per heavy atom. The summed E-state index contributed by atoms with van der Waals surface area (Å²) in [5.74, 6) is 1.48. The number of rotatable bonds is 35. The normalized spacial score (nSPS) is 11.7. The Labute approximate surface area is 247 Å². The zero-order valence-electron chi connectivity index (χ0n) is 27.4. The molecule has 0 aromatic heterocycles. The van der Waals surface area contributed by atoms with E-state index in [4.69, 9.17) is 14.2 Å². The molecule has 39 heavy (non-hydrogen) atoms. The standard InChI is InChI=1S/C36H73O3/c1-4-7-10-13-21-27-32-38-34-36(35-39-33-28-22-14-11-8-5-2)29-24-19-17-15-16-18-23-26-31-37-30-25-20-12-9-6-3/h4-35H2,1-3H3. The van der Waals surface area contributed by atoms with Crippen molar-refractivity contribution in [1.29, 1.82) is 0 Å². The first-order valence-electron chi connectivity index (χ1n) is 17.9.